The van der Waals surface area contributed by atoms with Gasteiger partial charge >= 0.3 is 0 Å². The van der Waals surface area contributed by atoms with Crippen LogP contribution in [0.5, 0.6) is 0 Å². The zero-order valence-corrected chi connectivity index (χ0v) is 8.87. The molecule has 0 aromatic carbocycles. The van der Waals surface area contributed by atoms with Gasteiger partial charge in [0.25, 0.3) is 0 Å². The normalized spacial score (nSPS) is 10.4. The van der Waals surface area contributed by atoms with Crippen molar-refractivity contribution in [2.75, 3.05) is 6.54 Å². The fraction of sp³-hybridized carbons (Fsp3) is 0.545. The Morgan fingerprint density at radius 1 is 1.64 bits per heavy atom. The molecule has 0 bridgehead atoms. The van der Waals surface area contributed by atoms with Crippen molar-refractivity contribution in [3.8, 4) is 0 Å². The molecule has 0 saturated heterocycles. The van der Waals surface area contributed by atoms with Crippen molar-refractivity contribution in [2.45, 2.75) is 32.9 Å². The highest BCUT2D eigenvalue weighted by Gasteiger charge is 1.96. The lowest BCUT2D eigenvalue weighted by molar-refractivity contribution is 0.596. The van der Waals surface area contributed by atoms with Crippen molar-refractivity contribution in [1.82, 2.24) is 15.1 Å². The average Bonchev–Trinajstić information content (AvgIpc) is 2.63. The van der Waals surface area contributed by atoms with Crippen LogP contribution in [0.1, 0.15) is 25.5 Å². The highest BCUT2D eigenvalue weighted by Crippen LogP contribution is 1.97. The Morgan fingerprint density at radius 3 is 3.21 bits per heavy atom. The maximum Gasteiger partial charge on any atom is 0.0762 e. The minimum atomic E-state index is 0.870. The summed E-state index contributed by atoms with van der Waals surface area (Å²) in [5.41, 5.74) is 1.11. The van der Waals surface area contributed by atoms with Gasteiger partial charge in [0.2, 0.25) is 0 Å². The molecule has 0 atom stereocenters. The first kappa shape index (κ1) is 11.0. The molecule has 0 radical (unpaired) electrons. The summed E-state index contributed by atoms with van der Waals surface area (Å²) in [6.07, 6.45) is 6.07. The van der Waals surface area contributed by atoms with Crippen LogP contribution in [0.4, 0.5) is 0 Å². The van der Waals surface area contributed by atoms with E-state index in [1.165, 1.54) is 0 Å². The zero-order chi connectivity index (χ0) is 10.2. The molecule has 1 heterocycles. The van der Waals surface area contributed by atoms with E-state index < -0.39 is 0 Å². The van der Waals surface area contributed by atoms with Gasteiger partial charge in [-0.2, -0.15) is 5.10 Å². The van der Waals surface area contributed by atoms with Gasteiger partial charge in [0.05, 0.1) is 5.69 Å². The van der Waals surface area contributed by atoms with E-state index in [1.807, 2.05) is 17.0 Å². The van der Waals surface area contributed by atoms with E-state index in [4.69, 9.17) is 0 Å². The second-order valence-corrected chi connectivity index (χ2v) is 3.32. The summed E-state index contributed by atoms with van der Waals surface area (Å²) >= 11 is 0. The molecule has 1 N–H and O–H groups in total. The molecule has 0 aliphatic carbocycles. The van der Waals surface area contributed by atoms with Crippen molar-refractivity contribution >= 4 is 0 Å². The molecule has 1 rings (SSSR count). The zero-order valence-electron chi connectivity index (χ0n) is 8.87. The largest absolute Gasteiger partial charge is 0.311 e. The maximum absolute atomic E-state index is 4.43. The fourth-order valence-electron chi connectivity index (χ4n) is 1.24. The standard InChI is InChI=1S/C11H19N3/c1-3-5-8-14-9-6-11(13-14)10-12-7-4-2/h3,6,9,12H,1,4-5,7-8,10H2,2H3. The molecule has 0 aliphatic heterocycles. The number of allylic oxidation sites excluding steroid dienone is 1. The van der Waals surface area contributed by atoms with Crippen LogP contribution in [-0.2, 0) is 13.1 Å². The van der Waals surface area contributed by atoms with Gasteiger partial charge in [-0.25, -0.2) is 0 Å². The lowest BCUT2D eigenvalue weighted by Crippen LogP contribution is -2.14. The summed E-state index contributed by atoms with van der Waals surface area (Å²) in [7, 11) is 0. The van der Waals surface area contributed by atoms with Crippen LogP contribution in [-0.4, -0.2) is 16.3 Å². The van der Waals surface area contributed by atoms with E-state index in [2.05, 4.69) is 30.0 Å². The Balaban J connectivity index is 2.31. The molecular weight excluding hydrogens is 174 g/mol. The Kier molecular flexibility index (Phi) is 5.00. The first-order chi connectivity index (χ1) is 6.86. The third-order valence-corrected chi connectivity index (χ3v) is 1.99. The summed E-state index contributed by atoms with van der Waals surface area (Å²) in [6.45, 7) is 8.71. The first-order valence-corrected chi connectivity index (χ1v) is 5.20. The minimum absolute atomic E-state index is 0.870. The molecular formula is C11H19N3. The van der Waals surface area contributed by atoms with Crippen LogP contribution >= 0.6 is 0 Å². The molecule has 0 unspecified atom stereocenters. The van der Waals surface area contributed by atoms with Crippen molar-refractivity contribution in [1.29, 1.82) is 0 Å². The number of aryl methyl sites for hydroxylation is 1. The van der Waals surface area contributed by atoms with Crippen molar-refractivity contribution < 1.29 is 0 Å². The van der Waals surface area contributed by atoms with Crippen molar-refractivity contribution in [3.63, 3.8) is 0 Å². The number of aromatic nitrogens is 2. The Bertz CT molecular complexity index is 265. The van der Waals surface area contributed by atoms with Gasteiger partial charge < -0.3 is 5.32 Å². The average molecular weight is 193 g/mol. The highest BCUT2D eigenvalue weighted by molar-refractivity contribution is 4.98. The first-order valence-electron chi connectivity index (χ1n) is 5.20. The van der Waals surface area contributed by atoms with Crippen LogP contribution in [0.2, 0.25) is 0 Å². The molecule has 1 aromatic heterocycles. The van der Waals surface area contributed by atoms with Crippen LogP contribution in [0.25, 0.3) is 0 Å². The lowest BCUT2D eigenvalue weighted by Gasteiger charge is -1.99. The highest BCUT2D eigenvalue weighted by atomic mass is 15.3. The molecule has 0 saturated carbocycles. The van der Waals surface area contributed by atoms with E-state index in [-0.39, 0.29) is 0 Å². The topological polar surface area (TPSA) is 29.9 Å². The molecule has 3 heteroatoms. The molecule has 0 fully saturated rings. The molecule has 3 nitrogen and oxygen atoms in total. The van der Waals surface area contributed by atoms with Crippen LogP contribution < -0.4 is 5.32 Å². The monoisotopic (exact) mass is 193 g/mol. The quantitative estimate of drug-likeness (QED) is 0.530. The van der Waals surface area contributed by atoms with E-state index in [1.54, 1.807) is 0 Å². The maximum atomic E-state index is 4.43. The number of hydrogen-bond donors (Lipinski definition) is 1. The number of rotatable bonds is 7. The smallest absolute Gasteiger partial charge is 0.0762 e. The predicted octanol–water partition coefficient (Wildman–Crippen LogP) is 1.96. The van der Waals surface area contributed by atoms with Gasteiger partial charge in [0.15, 0.2) is 0 Å². The van der Waals surface area contributed by atoms with Gasteiger partial charge in [0.1, 0.15) is 0 Å². The molecule has 14 heavy (non-hydrogen) atoms. The van der Waals surface area contributed by atoms with Crippen molar-refractivity contribution in [2.24, 2.45) is 0 Å². The summed E-state index contributed by atoms with van der Waals surface area (Å²) < 4.78 is 1.96. The molecule has 0 spiro atoms. The van der Waals surface area contributed by atoms with Crippen molar-refractivity contribution in [3.05, 3.63) is 30.6 Å². The van der Waals surface area contributed by atoms with Gasteiger partial charge in [-0.1, -0.05) is 13.0 Å². The lowest BCUT2D eigenvalue weighted by atomic mass is 10.4. The summed E-state index contributed by atoms with van der Waals surface area (Å²) in [5.74, 6) is 0. The van der Waals surface area contributed by atoms with Gasteiger partial charge in [-0.15, -0.1) is 6.58 Å². The van der Waals surface area contributed by atoms with E-state index in [9.17, 15) is 0 Å². The van der Waals surface area contributed by atoms with Gasteiger partial charge in [-0.3, -0.25) is 4.68 Å². The van der Waals surface area contributed by atoms with Crippen LogP contribution in [0.15, 0.2) is 24.9 Å². The van der Waals surface area contributed by atoms with Crippen LogP contribution in [0.3, 0.4) is 0 Å². The van der Waals surface area contributed by atoms with Crippen LogP contribution in [0, 0.1) is 0 Å². The SMILES string of the molecule is C=CCCn1ccc(CNCCC)n1. The number of nitrogens with one attached hydrogen (secondary N) is 1. The number of hydrogen-bond acceptors (Lipinski definition) is 2. The Morgan fingerprint density at radius 2 is 2.50 bits per heavy atom. The van der Waals surface area contributed by atoms with Gasteiger partial charge in [-0.05, 0) is 25.5 Å². The number of nitrogens with zero attached hydrogens (tertiary/aromatic N) is 2. The second kappa shape index (κ2) is 6.38. The van der Waals surface area contributed by atoms with E-state index in [0.29, 0.717) is 0 Å². The summed E-state index contributed by atoms with van der Waals surface area (Å²) in [5, 5.41) is 7.75. The second-order valence-electron chi connectivity index (χ2n) is 3.32. The Hall–Kier alpha value is -1.09. The molecule has 0 amide bonds. The summed E-state index contributed by atoms with van der Waals surface area (Å²) in [4.78, 5) is 0. The third-order valence-electron chi connectivity index (χ3n) is 1.99. The summed E-state index contributed by atoms with van der Waals surface area (Å²) in [6, 6.07) is 2.06. The Labute approximate surface area is 85.8 Å². The predicted molar refractivity (Wildman–Crippen MR) is 59.0 cm³/mol. The molecule has 0 aliphatic rings. The molecule has 78 valence electrons. The third kappa shape index (κ3) is 3.75. The van der Waals surface area contributed by atoms with Gasteiger partial charge in [0, 0.05) is 19.3 Å². The van der Waals surface area contributed by atoms with E-state index in [0.717, 1.165) is 38.2 Å². The minimum Gasteiger partial charge on any atom is -0.311 e. The fourth-order valence-corrected chi connectivity index (χ4v) is 1.24. The van der Waals surface area contributed by atoms with E-state index >= 15 is 0 Å². The molecule has 1 aromatic rings.